The van der Waals surface area contributed by atoms with Crippen LogP contribution >= 0.6 is 0 Å². The molecule has 1 amide bonds. The predicted octanol–water partition coefficient (Wildman–Crippen LogP) is 4.40. The maximum Gasteiger partial charge on any atom is 0.260 e. The Hall–Kier alpha value is -3.08. The molecule has 1 heterocycles. The molecule has 5 nitrogen and oxygen atoms in total. The minimum atomic E-state index is 0.108. The Bertz CT molecular complexity index is 957. The summed E-state index contributed by atoms with van der Waals surface area (Å²) in [6, 6.07) is 14.6. The van der Waals surface area contributed by atoms with Gasteiger partial charge in [0.05, 0.1) is 5.56 Å². The average molecular weight is 404 g/mol. The molecule has 2 N–H and O–H groups in total. The summed E-state index contributed by atoms with van der Waals surface area (Å²) in [5.41, 5.74) is 10.6. The van der Waals surface area contributed by atoms with Crippen LogP contribution in [-0.2, 0) is 6.42 Å². The highest BCUT2D eigenvalue weighted by Gasteiger charge is 2.32. The highest BCUT2D eigenvalue weighted by molar-refractivity contribution is 6.09. The van der Waals surface area contributed by atoms with Crippen LogP contribution in [0, 0.1) is 0 Å². The molecule has 0 aromatic heterocycles. The van der Waals surface area contributed by atoms with E-state index in [0.717, 1.165) is 36.0 Å². The van der Waals surface area contributed by atoms with Gasteiger partial charge in [-0.1, -0.05) is 49.6 Å². The lowest BCUT2D eigenvalue weighted by Crippen LogP contribution is -2.46. The molecule has 0 bridgehead atoms. The van der Waals surface area contributed by atoms with Crippen molar-refractivity contribution in [3.63, 3.8) is 0 Å². The second-order valence-corrected chi connectivity index (χ2v) is 8.05. The number of allylic oxidation sites excluding steroid dienone is 1. The maximum atomic E-state index is 13.2. The fraction of sp³-hybridized carbons (Fsp3) is 0.360. The Morgan fingerprint density at radius 2 is 1.87 bits per heavy atom. The van der Waals surface area contributed by atoms with Gasteiger partial charge in [0.1, 0.15) is 5.75 Å². The molecule has 0 unspecified atom stereocenters. The summed E-state index contributed by atoms with van der Waals surface area (Å²) in [6.45, 7) is 0.370. The third-order valence-electron chi connectivity index (χ3n) is 6.05. The highest BCUT2D eigenvalue weighted by atomic mass is 16.5. The molecule has 0 atom stereocenters. The van der Waals surface area contributed by atoms with Crippen molar-refractivity contribution < 1.29 is 9.53 Å². The van der Waals surface area contributed by atoms with E-state index in [9.17, 15) is 4.79 Å². The van der Waals surface area contributed by atoms with E-state index >= 15 is 0 Å². The number of ether oxygens (including phenoxy) is 1. The normalized spacial score (nSPS) is 17.8. The van der Waals surface area contributed by atoms with Gasteiger partial charge in [-0.15, -0.1) is 0 Å². The third kappa shape index (κ3) is 4.25. The van der Waals surface area contributed by atoms with Crippen LogP contribution in [0.2, 0.25) is 0 Å². The number of benzene rings is 2. The van der Waals surface area contributed by atoms with E-state index in [0.29, 0.717) is 24.1 Å². The molecule has 2 aromatic carbocycles. The molecule has 5 heteroatoms. The third-order valence-corrected chi connectivity index (χ3v) is 6.05. The van der Waals surface area contributed by atoms with Crippen molar-refractivity contribution in [2.75, 3.05) is 13.8 Å². The lowest BCUT2D eigenvalue weighted by molar-refractivity contribution is 0.0319. The van der Waals surface area contributed by atoms with Crippen LogP contribution in [0.4, 0.5) is 0 Å². The topological polar surface area (TPSA) is 67.9 Å². The van der Waals surface area contributed by atoms with Crippen LogP contribution in [0.3, 0.4) is 0 Å². The fourth-order valence-corrected chi connectivity index (χ4v) is 4.40. The van der Waals surface area contributed by atoms with Gasteiger partial charge in [0.25, 0.3) is 5.91 Å². The second-order valence-electron chi connectivity index (χ2n) is 8.05. The van der Waals surface area contributed by atoms with Gasteiger partial charge in [0, 0.05) is 31.1 Å². The summed E-state index contributed by atoms with van der Waals surface area (Å²) in [6.07, 6.45) is 9.90. The molecule has 4 rings (SSSR count). The van der Waals surface area contributed by atoms with E-state index in [1.165, 1.54) is 24.8 Å². The molecule has 0 saturated heterocycles. The molecule has 1 aliphatic heterocycles. The van der Waals surface area contributed by atoms with Crippen molar-refractivity contribution in [3.8, 4) is 5.75 Å². The molecular formula is C25H29N3O2. The van der Waals surface area contributed by atoms with Crippen molar-refractivity contribution in [1.29, 1.82) is 0 Å². The lowest BCUT2D eigenvalue weighted by atomic mass is 9.93. The molecule has 1 aliphatic carbocycles. The number of amides is 1. The number of nitrogens with zero attached hydrogens (tertiary/aromatic N) is 2. The summed E-state index contributed by atoms with van der Waals surface area (Å²) in [5, 5.41) is 0. The summed E-state index contributed by atoms with van der Waals surface area (Å²) in [5.74, 6) is 0.805. The van der Waals surface area contributed by atoms with Gasteiger partial charge >= 0.3 is 0 Å². The molecule has 2 aliphatic rings. The van der Waals surface area contributed by atoms with E-state index in [2.05, 4.69) is 17.1 Å². The minimum absolute atomic E-state index is 0.108. The van der Waals surface area contributed by atoms with Gasteiger partial charge in [-0.2, -0.15) is 0 Å². The summed E-state index contributed by atoms with van der Waals surface area (Å²) in [4.78, 5) is 19.1. The molecule has 30 heavy (non-hydrogen) atoms. The van der Waals surface area contributed by atoms with Crippen molar-refractivity contribution >= 4 is 17.7 Å². The van der Waals surface area contributed by atoms with Crippen LogP contribution in [0.25, 0.3) is 5.57 Å². The van der Waals surface area contributed by atoms with Crippen LogP contribution in [0.5, 0.6) is 5.75 Å². The quantitative estimate of drug-likeness (QED) is 0.752. The second kappa shape index (κ2) is 9.16. The van der Waals surface area contributed by atoms with Gasteiger partial charge in [-0.05, 0) is 48.1 Å². The fourth-order valence-electron chi connectivity index (χ4n) is 4.40. The first-order valence-corrected chi connectivity index (χ1v) is 10.7. The Morgan fingerprint density at radius 3 is 2.57 bits per heavy atom. The number of aliphatic imine (C=N–C) groups is 1. The number of carbonyl (C=O) groups excluding carboxylic acids is 1. The highest BCUT2D eigenvalue weighted by Crippen LogP contribution is 2.31. The first-order valence-electron chi connectivity index (χ1n) is 10.7. The Labute approximate surface area is 178 Å². The van der Waals surface area contributed by atoms with Crippen molar-refractivity contribution in [1.82, 2.24) is 4.90 Å². The number of carbonyl (C=O) groups is 1. The maximum absolute atomic E-state index is 13.2. The zero-order valence-corrected chi connectivity index (χ0v) is 17.5. The molecular weight excluding hydrogens is 374 g/mol. The van der Waals surface area contributed by atoms with E-state index in [4.69, 9.17) is 10.5 Å². The number of hydrogen-bond donors (Lipinski definition) is 1. The van der Waals surface area contributed by atoms with E-state index < -0.39 is 0 Å². The molecule has 0 spiro atoms. The smallest absolute Gasteiger partial charge is 0.260 e. The average Bonchev–Trinajstić information content (AvgIpc) is 2.79. The van der Waals surface area contributed by atoms with Crippen LogP contribution in [-0.4, -0.2) is 36.8 Å². The van der Waals surface area contributed by atoms with Gasteiger partial charge in [0.15, 0.2) is 6.73 Å². The molecule has 1 fully saturated rings. The lowest BCUT2D eigenvalue weighted by Gasteiger charge is -2.37. The number of fused-ring (bicyclic) bond motifs is 1. The summed E-state index contributed by atoms with van der Waals surface area (Å²) < 4.78 is 5.92. The van der Waals surface area contributed by atoms with Gasteiger partial charge in [-0.25, -0.2) is 0 Å². The zero-order valence-electron chi connectivity index (χ0n) is 17.5. The van der Waals surface area contributed by atoms with Gasteiger partial charge in [0.2, 0.25) is 0 Å². The number of rotatable bonds is 5. The Morgan fingerprint density at radius 1 is 1.13 bits per heavy atom. The molecule has 0 radical (unpaired) electrons. The standard InChI is InChI=1S/C25H29N3O2/c1-27-16-21(15-26)20-10-7-18(8-11-20)13-19-9-12-24-23(14-19)25(29)28(17-30-24)22-5-3-2-4-6-22/h7-12,14-16,22H,2-6,13,17,26H2,1H3. The van der Waals surface area contributed by atoms with Crippen LogP contribution in [0.1, 0.15) is 59.2 Å². The van der Waals surface area contributed by atoms with Crippen molar-refractivity contribution in [2.45, 2.75) is 44.6 Å². The Kier molecular flexibility index (Phi) is 6.17. The van der Waals surface area contributed by atoms with Crippen molar-refractivity contribution in [2.24, 2.45) is 10.7 Å². The molecule has 1 saturated carbocycles. The Balaban J connectivity index is 1.50. The SMILES string of the molecule is CN=CC(=CN)c1ccc(Cc2ccc3c(c2)C(=O)N(C2CCCCC2)CO3)cc1. The predicted molar refractivity (Wildman–Crippen MR) is 121 cm³/mol. The van der Waals surface area contributed by atoms with Crippen LogP contribution in [0.15, 0.2) is 53.7 Å². The minimum Gasteiger partial charge on any atom is -0.472 e. The van der Waals surface area contributed by atoms with E-state index in [1.54, 1.807) is 19.5 Å². The number of hydrogen-bond acceptors (Lipinski definition) is 4. The monoisotopic (exact) mass is 403 g/mol. The largest absolute Gasteiger partial charge is 0.472 e. The van der Waals surface area contributed by atoms with E-state index in [1.807, 2.05) is 35.2 Å². The first-order chi connectivity index (χ1) is 14.7. The number of nitrogens with two attached hydrogens (primary N) is 1. The first kappa shape index (κ1) is 20.2. The van der Waals surface area contributed by atoms with Gasteiger partial charge < -0.3 is 15.4 Å². The van der Waals surface area contributed by atoms with E-state index in [-0.39, 0.29) is 5.91 Å². The van der Waals surface area contributed by atoms with Gasteiger partial charge in [-0.3, -0.25) is 9.79 Å². The van der Waals surface area contributed by atoms with Crippen molar-refractivity contribution in [3.05, 3.63) is 70.9 Å². The molecule has 2 aromatic rings. The summed E-state index contributed by atoms with van der Waals surface area (Å²) >= 11 is 0. The summed E-state index contributed by atoms with van der Waals surface area (Å²) in [7, 11) is 1.73. The zero-order chi connectivity index (χ0) is 20.9. The van der Waals surface area contributed by atoms with Crippen LogP contribution < -0.4 is 10.5 Å². The molecule has 156 valence electrons.